The van der Waals surface area contributed by atoms with E-state index in [9.17, 15) is 9.90 Å². The number of hydrogen-bond acceptors (Lipinski definition) is 3. The van der Waals surface area contributed by atoms with Gasteiger partial charge in [-0.15, -0.1) is 0 Å². The van der Waals surface area contributed by atoms with Crippen LogP contribution < -0.4 is 5.73 Å². The van der Waals surface area contributed by atoms with E-state index in [1.165, 1.54) is 0 Å². The first kappa shape index (κ1) is 13.7. The van der Waals surface area contributed by atoms with E-state index in [-0.39, 0.29) is 11.5 Å². The standard InChI is InChI=1S/C14H21NO2/c1-13(2,14(3,4)15)12(17)9-10-5-7-11(16)8-6-10/h5-8,16H,9,15H2,1-4H3. The molecule has 0 aromatic heterocycles. The third kappa shape index (κ3) is 3.07. The molecule has 3 N–H and O–H groups in total. The Bertz CT molecular complexity index is 399. The van der Waals surface area contributed by atoms with Crippen molar-refractivity contribution in [1.29, 1.82) is 0 Å². The highest BCUT2D eigenvalue weighted by Gasteiger charge is 2.39. The molecule has 94 valence electrons. The van der Waals surface area contributed by atoms with Gasteiger partial charge in [0, 0.05) is 17.4 Å². The minimum Gasteiger partial charge on any atom is -0.508 e. The summed E-state index contributed by atoms with van der Waals surface area (Å²) in [6.07, 6.45) is 0.341. The molecule has 0 aliphatic carbocycles. The van der Waals surface area contributed by atoms with E-state index in [0.29, 0.717) is 6.42 Å². The Morgan fingerprint density at radius 3 is 2.06 bits per heavy atom. The zero-order valence-electron chi connectivity index (χ0n) is 10.9. The minimum atomic E-state index is -0.578. The lowest BCUT2D eigenvalue weighted by molar-refractivity contribution is -0.129. The molecular formula is C14H21NO2. The summed E-state index contributed by atoms with van der Waals surface area (Å²) in [6.45, 7) is 7.47. The number of aromatic hydroxyl groups is 1. The van der Waals surface area contributed by atoms with Gasteiger partial charge in [-0.1, -0.05) is 26.0 Å². The van der Waals surface area contributed by atoms with Crippen LogP contribution in [0.4, 0.5) is 0 Å². The lowest BCUT2D eigenvalue weighted by Crippen LogP contribution is -2.52. The number of Topliss-reactive ketones (excluding diaryl/α,β-unsaturated/α-hetero) is 1. The van der Waals surface area contributed by atoms with E-state index < -0.39 is 11.0 Å². The molecule has 0 aliphatic rings. The second-order valence-corrected chi connectivity index (χ2v) is 5.61. The zero-order valence-corrected chi connectivity index (χ0v) is 10.9. The Kier molecular flexibility index (Phi) is 3.62. The van der Waals surface area contributed by atoms with Crippen molar-refractivity contribution in [3.8, 4) is 5.75 Å². The van der Waals surface area contributed by atoms with E-state index in [0.717, 1.165) is 5.56 Å². The smallest absolute Gasteiger partial charge is 0.144 e. The van der Waals surface area contributed by atoms with Gasteiger partial charge in [0.25, 0.3) is 0 Å². The Labute approximate surface area is 103 Å². The van der Waals surface area contributed by atoms with Crippen molar-refractivity contribution in [2.75, 3.05) is 0 Å². The summed E-state index contributed by atoms with van der Waals surface area (Å²) in [5.41, 5.74) is 5.79. The predicted molar refractivity (Wildman–Crippen MR) is 68.9 cm³/mol. The molecule has 0 atom stereocenters. The summed E-state index contributed by atoms with van der Waals surface area (Å²) >= 11 is 0. The van der Waals surface area contributed by atoms with Crippen LogP contribution in [0.25, 0.3) is 0 Å². The lowest BCUT2D eigenvalue weighted by Gasteiger charge is -2.37. The second-order valence-electron chi connectivity index (χ2n) is 5.61. The molecule has 0 heterocycles. The fourth-order valence-corrected chi connectivity index (χ4v) is 1.38. The van der Waals surface area contributed by atoms with Crippen LogP contribution in [0.1, 0.15) is 33.3 Å². The first-order valence-corrected chi connectivity index (χ1v) is 5.74. The van der Waals surface area contributed by atoms with E-state index in [1.54, 1.807) is 24.3 Å². The molecule has 0 unspecified atom stereocenters. The molecule has 0 amide bonds. The topological polar surface area (TPSA) is 63.3 Å². The summed E-state index contributed by atoms with van der Waals surface area (Å²) in [7, 11) is 0. The number of rotatable bonds is 4. The molecule has 1 rings (SSSR count). The van der Waals surface area contributed by atoms with Gasteiger partial charge in [0.15, 0.2) is 0 Å². The van der Waals surface area contributed by atoms with E-state index in [4.69, 9.17) is 5.73 Å². The third-order valence-electron chi connectivity index (χ3n) is 3.61. The quantitative estimate of drug-likeness (QED) is 0.841. The zero-order chi connectivity index (χ0) is 13.3. The van der Waals surface area contributed by atoms with Gasteiger partial charge in [-0.05, 0) is 31.5 Å². The number of phenols is 1. The van der Waals surface area contributed by atoms with Crippen LogP contribution >= 0.6 is 0 Å². The number of hydrogen-bond donors (Lipinski definition) is 2. The first-order chi connectivity index (χ1) is 7.64. The Morgan fingerprint density at radius 2 is 1.65 bits per heavy atom. The number of ketones is 1. The third-order valence-corrected chi connectivity index (χ3v) is 3.61. The van der Waals surface area contributed by atoms with Gasteiger partial charge in [0.05, 0.1) is 0 Å². The molecule has 0 aliphatic heterocycles. The Morgan fingerprint density at radius 1 is 1.18 bits per heavy atom. The van der Waals surface area contributed by atoms with Gasteiger partial charge in [-0.25, -0.2) is 0 Å². The van der Waals surface area contributed by atoms with Crippen LogP contribution in [-0.2, 0) is 11.2 Å². The van der Waals surface area contributed by atoms with Crippen LogP contribution in [0.5, 0.6) is 5.75 Å². The first-order valence-electron chi connectivity index (χ1n) is 5.74. The number of carbonyl (C=O) groups excluding carboxylic acids is 1. The van der Waals surface area contributed by atoms with Crippen molar-refractivity contribution in [2.24, 2.45) is 11.1 Å². The summed E-state index contributed by atoms with van der Waals surface area (Å²) in [5.74, 6) is 0.315. The molecule has 0 spiro atoms. The van der Waals surface area contributed by atoms with Crippen molar-refractivity contribution in [3.05, 3.63) is 29.8 Å². The molecule has 0 bridgehead atoms. The normalized spacial score (nSPS) is 12.5. The molecular weight excluding hydrogens is 214 g/mol. The van der Waals surface area contributed by atoms with Crippen LogP contribution in [0.3, 0.4) is 0 Å². The van der Waals surface area contributed by atoms with Gasteiger partial charge in [-0.3, -0.25) is 4.79 Å². The summed E-state index contributed by atoms with van der Waals surface area (Å²) in [4.78, 5) is 12.2. The molecule has 0 fully saturated rings. The van der Waals surface area contributed by atoms with Gasteiger partial charge in [-0.2, -0.15) is 0 Å². The van der Waals surface area contributed by atoms with E-state index in [1.807, 2.05) is 27.7 Å². The molecule has 0 radical (unpaired) electrons. The summed E-state index contributed by atoms with van der Waals surface area (Å²) in [5, 5.41) is 9.17. The van der Waals surface area contributed by atoms with Gasteiger partial charge < -0.3 is 10.8 Å². The molecule has 0 saturated heterocycles. The SMILES string of the molecule is CC(C)(N)C(C)(C)C(=O)Cc1ccc(O)cc1. The van der Waals surface area contributed by atoms with E-state index >= 15 is 0 Å². The number of carbonyl (C=O) groups is 1. The monoisotopic (exact) mass is 235 g/mol. The van der Waals surface area contributed by atoms with Crippen LogP contribution in [-0.4, -0.2) is 16.4 Å². The average Bonchev–Trinajstić information content (AvgIpc) is 2.19. The highest BCUT2D eigenvalue weighted by molar-refractivity contribution is 5.87. The van der Waals surface area contributed by atoms with Gasteiger partial charge >= 0.3 is 0 Å². The largest absolute Gasteiger partial charge is 0.508 e. The fraction of sp³-hybridized carbons (Fsp3) is 0.500. The van der Waals surface area contributed by atoms with Gasteiger partial charge in [0.2, 0.25) is 0 Å². The summed E-state index contributed by atoms with van der Waals surface area (Å²) in [6, 6.07) is 6.69. The highest BCUT2D eigenvalue weighted by atomic mass is 16.3. The molecule has 3 heteroatoms. The number of benzene rings is 1. The van der Waals surface area contributed by atoms with E-state index in [2.05, 4.69) is 0 Å². The maximum atomic E-state index is 12.2. The van der Waals surface area contributed by atoms with Crippen molar-refractivity contribution in [3.63, 3.8) is 0 Å². The lowest BCUT2D eigenvalue weighted by atomic mass is 9.71. The second kappa shape index (κ2) is 4.49. The molecule has 3 nitrogen and oxygen atoms in total. The molecule has 17 heavy (non-hydrogen) atoms. The van der Waals surface area contributed by atoms with Gasteiger partial charge in [0.1, 0.15) is 11.5 Å². The summed E-state index contributed by atoms with van der Waals surface area (Å²) < 4.78 is 0. The van der Waals surface area contributed by atoms with Crippen LogP contribution in [0, 0.1) is 5.41 Å². The van der Waals surface area contributed by atoms with Crippen molar-refractivity contribution < 1.29 is 9.90 Å². The minimum absolute atomic E-state index is 0.107. The van der Waals surface area contributed by atoms with Crippen molar-refractivity contribution >= 4 is 5.78 Å². The average molecular weight is 235 g/mol. The molecule has 1 aromatic carbocycles. The molecule has 1 aromatic rings. The highest BCUT2D eigenvalue weighted by Crippen LogP contribution is 2.30. The Hall–Kier alpha value is -1.35. The molecule has 0 saturated carbocycles. The number of nitrogens with two attached hydrogens (primary N) is 1. The van der Waals surface area contributed by atoms with Crippen molar-refractivity contribution in [2.45, 2.75) is 39.7 Å². The maximum Gasteiger partial charge on any atom is 0.144 e. The van der Waals surface area contributed by atoms with Crippen LogP contribution in [0.2, 0.25) is 0 Å². The predicted octanol–water partition coefficient (Wildman–Crippen LogP) is 2.27. The van der Waals surface area contributed by atoms with Crippen LogP contribution in [0.15, 0.2) is 24.3 Å². The fourth-order valence-electron chi connectivity index (χ4n) is 1.38. The van der Waals surface area contributed by atoms with Crippen molar-refractivity contribution in [1.82, 2.24) is 0 Å². The Balaban J connectivity index is 2.83. The number of phenolic OH excluding ortho intramolecular Hbond substituents is 1. The maximum absolute atomic E-state index is 12.2.